The lowest BCUT2D eigenvalue weighted by Gasteiger charge is -2.22. The summed E-state index contributed by atoms with van der Waals surface area (Å²) in [7, 11) is 0. The Morgan fingerprint density at radius 2 is 2.07 bits per heavy atom. The van der Waals surface area contributed by atoms with Crippen LogP contribution in [0, 0.1) is 12.7 Å². The highest BCUT2D eigenvalue weighted by molar-refractivity contribution is 5.92. The number of carbonyl (C=O) groups excluding carboxylic acids is 1. The minimum atomic E-state index is -0.289. The van der Waals surface area contributed by atoms with Crippen LogP contribution in [0.3, 0.4) is 0 Å². The molecule has 0 bridgehead atoms. The molecular formula is C21H26ClFN6O. The molecule has 7 nitrogen and oxygen atoms in total. The average Bonchev–Trinajstić information content (AvgIpc) is 3.37. The normalized spacial score (nSPS) is 17.2. The molecule has 0 spiro atoms. The van der Waals surface area contributed by atoms with Crippen LogP contribution in [0.2, 0.25) is 0 Å². The summed E-state index contributed by atoms with van der Waals surface area (Å²) in [5, 5.41) is 15.2. The Morgan fingerprint density at radius 3 is 2.77 bits per heavy atom. The third-order valence-corrected chi connectivity index (χ3v) is 5.42. The van der Waals surface area contributed by atoms with E-state index in [1.54, 1.807) is 29.1 Å². The van der Waals surface area contributed by atoms with Crippen molar-refractivity contribution < 1.29 is 9.18 Å². The van der Waals surface area contributed by atoms with Gasteiger partial charge in [0.1, 0.15) is 11.5 Å². The third-order valence-electron chi connectivity index (χ3n) is 5.42. The zero-order valence-corrected chi connectivity index (χ0v) is 17.8. The van der Waals surface area contributed by atoms with Crippen molar-refractivity contribution in [2.24, 2.45) is 0 Å². The quantitative estimate of drug-likeness (QED) is 0.648. The lowest BCUT2D eigenvalue weighted by atomic mass is 10.1. The highest BCUT2D eigenvalue weighted by Gasteiger charge is 2.20. The van der Waals surface area contributed by atoms with Crippen LogP contribution in [0.5, 0.6) is 0 Å². The second-order valence-corrected chi connectivity index (χ2v) is 7.45. The number of benzene rings is 1. The maximum atomic E-state index is 13.2. The maximum absolute atomic E-state index is 13.2. The zero-order chi connectivity index (χ0) is 20.4. The Hall–Kier alpha value is -2.71. The first-order valence-electron chi connectivity index (χ1n) is 9.90. The summed E-state index contributed by atoms with van der Waals surface area (Å²) in [6.07, 6.45) is 5.78. The molecule has 1 fully saturated rings. The number of nitrogens with one attached hydrogen (secondary N) is 2. The standard InChI is InChI=1S/C21H25FN6O.ClH/c1-14(19-13-24-28(15(19)2)17-7-5-16(22)6-8-17)25-21(29)20-9-11-27(26-20)18-4-3-10-23-12-18;/h5-9,11,13-14,18,23H,3-4,10,12H2,1-2H3,(H,25,29);1H. The second kappa shape index (κ2) is 9.40. The van der Waals surface area contributed by atoms with Crippen LogP contribution >= 0.6 is 12.4 Å². The molecule has 30 heavy (non-hydrogen) atoms. The Morgan fingerprint density at radius 1 is 1.30 bits per heavy atom. The molecule has 3 aromatic rings. The van der Waals surface area contributed by atoms with Gasteiger partial charge in [-0.1, -0.05) is 0 Å². The SMILES string of the molecule is Cc1c(C(C)NC(=O)c2ccn(C3CCCNC3)n2)cnn1-c1ccc(F)cc1.Cl. The molecule has 1 aromatic carbocycles. The Labute approximate surface area is 181 Å². The van der Waals surface area contributed by atoms with Gasteiger partial charge < -0.3 is 10.6 Å². The lowest BCUT2D eigenvalue weighted by Crippen LogP contribution is -2.32. The van der Waals surface area contributed by atoms with Gasteiger partial charge in [-0.15, -0.1) is 12.4 Å². The second-order valence-electron chi connectivity index (χ2n) is 7.45. The van der Waals surface area contributed by atoms with Crippen molar-refractivity contribution in [3.05, 3.63) is 65.5 Å². The predicted octanol–water partition coefficient (Wildman–Crippen LogP) is 3.35. The van der Waals surface area contributed by atoms with Crippen molar-refractivity contribution in [3.8, 4) is 5.69 Å². The van der Waals surface area contributed by atoms with Gasteiger partial charge in [-0.25, -0.2) is 9.07 Å². The van der Waals surface area contributed by atoms with E-state index >= 15 is 0 Å². The first kappa shape index (κ1) is 22.0. The van der Waals surface area contributed by atoms with Gasteiger partial charge in [0.25, 0.3) is 5.91 Å². The number of rotatable bonds is 5. The van der Waals surface area contributed by atoms with Gasteiger partial charge in [-0.05, 0) is 63.6 Å². The summed E-state index contributed by atoms with van der Waals surface area (Å²) in [6.45, 7) is 5.76. The molecule has 0 saturated carbocycles. The van der Waals surface area contributed by atoms with Crippen molar-refractivity contribution in [1.82, 2.24) is 30.2 Å². The van der Waals surface area contributed by atoms with Crippen LogP contribution in [0.25, 0.3) is 5.69 Å². The van der Waals surface area contributed by atoms with E-state index in [-0.39, 0.29) is 30.2 Å². The number of hydrogen-bond acceptors (Lipinski definition) is 4. The Bertz CT molecular complexity index is 993. The molecule has 3 heterocycles. The maximum Gasteiger partial charge on any atom is 0.272 e. The van der Waals surface area contributed by atoms with E-state index in [1.807, 2.05) is 24.7 Å². The summed E-state index contributed by atoms with van der Waals surface area (Å²) in [5.74, 6) is -0.503. The summed E-state index contributed by atoms with van der Waals surface area (Å²) in [6, 6.07) is 7.96. The third kappa shape index (κ3) is 4.55. The predicted molar refractivity (Wildman–Crippen MR) is 115 cm³/mol. The minimum absolute atomic E-state index is 0. The first-order chi connectivity index (χ1) is 14.0. The summed E-state index contributed by atoms with van der Waals surface area (Å²) < 4.78 is 16.8. The number of halogens is 2. The van der Waals surface area contributed by atoms with E-state index in [0.717, 1.165) is 42.9 Å². The van der Waals surface area contributed by atoms with Gasteiger partial charge in [-0.3, -0.25) is 9.48 Å². The molecule has 0 aliphatic carbocycles. The van der Waals surface area contributed by atoms with Crippen molar-refractivity contribution in [2.45, 2.75) is 38.8 Å². The van der Waals surface area contributed by atoms with Gasteiger partial charge in [0.05, 0.1) is 24.0 Å². The fourth-order valence-corrected chi connectivity index (χ4v) is 3.76. The molecular weight excluding hydrogens is 407 g/mol. The van der Waals surface area contributed by atoms with E-state index in [2.05, 4.69) is 20.8 Å². The van der Waals surface area contributed by atoms with Crippen molar-refractivity contribution in [3.63, 3.8) is 0 Å². The summed E-state index contributed by atoms with van der Waals surface area (Å²) in [4.78, 5) is 12.7. The van der Waals surface area contributed by atoms with Crippen LogP contribution < -0.4 is 10.6 Å². The van der Waals surface area contributed by atoms with E-state index < -0.39 is 0 Å². The Balaban J connectivity index is 0.00000256. The molecule has 2 atom stereocenters. The van der Waals surface area contributed by atoms with E-state index in [4.69, 9.17) is 0 Å². The fraction of sp³-hybridized carbons (Fsp3) is 0.381. The first-order valence-corrected chi connectivity index (χ1v) is 9.90. The molecule has 1 aliphatic rings. The highest BCUT2D eigenvalue weighted by Crippen LogP contribution is 2.21. The van der Waals surface area contributed by atoms with Gasteiger partial charge >= 0.3 is 0 Å². The van der Waals surface area contributed by atoms with Crippen molar-refractivity contribution >= 4 is 18.3 Å². The van der Waals surface area contributed by atoms with Crippen LogP contribution in [0.4, 0.5) is 4.39 Å². The van der Waals surface area contributed by atoms with Crippen molar-refractivity contribution in [1.29, 1.82) is 0 Å². The fourth-order valence-electron chi connectivity index (χ4n) is 3.76. The molecule has 9 heteroatoms. The van der Waals surface area contributed by atoms with Crippen LogP contribution in [0.15, 0.2) is 42.7 Å². The van der Waals surface area contributed by atoms with Crippen LogP contribution in [0.1, 0.15) is 53.6 Å². The van der Waals surface area contributed by atoms with Gasteiger partial charge in [0.15, 0.2) is 0 Å². The summed E-state index contributed by atoms with van der Waals surface area (Å²) >= 11 is 0. The van der Waals surface area contributed by atoms with Crippen molar-refractivity contribution in [2.75, 3.05) is 13.1 Å². The smallest absolute Gasteiger partial charge is 0.272 e. The molecule has 2 unspecified atom stereocenters. The van der Waals surface area contributed by atoms with E-state index in [1.165, 1.54) is 12.1 Å². The summed E-state index contributed by atoms with van der Waals surface area (Å²) in [5.41, 5.74) is 2.97. The number of hydrogen-bond donors (Lipinski definition) is 2. The Kier molecular flexibility index (Phi) is 6.89. The van der Waals surface area contributed by atoms with Gasteiger partial charge in [-0.2, -0.15) is 10.2 Å². The number of piperidine rings is 1. The average molecular weight is 433 g/mol. The van der Waals surface area contributed by atoms with Gasteiger partial charge in [0.2, 0.25) is 0 Å². The molecule has 1 saturated heterocycles. The molecule has 1 amide bonds. The molecule has 0 radical (unpaired) electrons. The number of amides is 1. The van der Waals surface area contributed by atoms with Crippen LogP contribution in [-0.4, -0.2) is 38.6 Å². The number of aromatic nitrogens is 4. The topological polar surface area (TPSA) is 76.8 Å². The lowest BCUT2D eigenvalue weighted by molar-refractivity contribution is 0.0933. The highest BCUT2D eigenvalue weighted by atomic mass is 35.5. The number of nitrogens with zero attached hydrogens (tertiary/aromatic N) is 4. The van der Waals surface area contributed by atoms with Crippen LogP contribution in [-0.2, 0) is 0 Å². The monoisotopic (exact) mass is 432 g/mol. The molecule has 4 rings (SSSR count). The largest absolute Gasteiger partial charge is 0.344 e. The number of carbonyl (C=O) groups is 1. The van der Waals surface area contributed by atoms with Gasteiger partial charge in [0, 0.05) is 24.0 Å². The molecule has 1 aliphatic heterocycles. The van der Waals surface area contributed by atoms with E-state index in [0.29, 0.717) is 11.7 Å². The molecule has 160 valence electrons. The van der Waals surface area contributed by atoms with E-state index in [9.17, 15) is 9.18 Å². The minimum Gasteiger partial charge on any atom is -0.344 e. The zero-order valence-electron chi connectivity index (χ0n) is 17.0. The molecule has 2 N–H and O–H groups in total. The molecule has 2 aromatic heterocycles.